The second-order valence-corrected chi connectivity index (χ2v) is 13.7. The van der Waals surface area contributed by atoms with Gasteiger partial charge in [-0.05, 0) is 120 Å². The minimum Gasteiger partial charge on any atom is -0.484 e. The lowest BCUT2D eigenvalue weighted by atomic mass is 9.83. The molecule has 328 valence electrons. The van der Waals surface area contributed by atoms with E-state index in [1.165, 1.54) is 127 Å². The molecule has 0 spiro atoms. The van der Waals surface area contributed by atoms with Crippen molar-refractivity contribution in [3.8, 4) is 23.0 Å². The maximum Gasteiger partial charge on any atom is 0.422 e. The van der Waals surface area contributed by atoms with Crippen molar-refractivity contribution in [2.45, 2.75) is 30.5 Å². The van der Waals surface area contributed by atoms with Crippen LogP contribution < -0.4 is 30.4 Å². The number of nitrogens with two attached hydrogens (primary N) is 2. The number of anilines is 2. The summed E-state index contributed by atoms with van der Waals surface area (Å²) in [4.78, 5) is 51.7. The zero-order valence-corrected chi connectivity index (χ0v) is 32.6. The molecular weight excluding hydrogens is 842 g/mol. The molecule has 0 bridgehead atoms. The summed E-state index contributed by atoms with van der Waals surface area (Å²) in [6.45, 7) is -2.99. The van der Waals surface area contributed by atoms with Crippen LogP contribution in [0.1, 0.15) is 49.7 Å². The van der Waals surface area contributed by atoms with Crippen molar-refractivity contribution < 1.29 is 74.7 Å². The molecule has 0 heterocycles. The van der Waals surface area contributed by atoms with E-state index in [4.69, 9.17) is 20.9 Å². The quantitative estimate of drug-likeness (QED) is 0.0176. The Balaban J connectivity index is 1.20. The van der Waals surface area contributed by atoms with Crippen LogP contribution in [-0.4, -0.2) is 65.1 Å². The Kier molecular flexibility index (Phi) is 14.8. The highest BCUT2D eigenvalue weighted by Gasteiger charge is 2.42. The van der Waals surface area contributed by atoms with Gasteiger partial charge in [0.25, 0.3) is 0 Å². The van der Waals surface area contributed by atoms with Gasteiger partial charge in [-0.1, -0.05) is 36.4 Å². The van der Waals surface area contributed by atoms with E-state index in [1.54, 1.807) is 0 Å². The highest BCUT2D eigenvalue weighted by molar-refractivity contribution is 6.01. The van der Waals surface area contributed by atoms with Crippen LogP contribution in [0.4, 0.5) is 37.7 Å². The van der Waals surface area contributed by atoms with Crippen molar-refractivity contribution in [2.75, 3.05) is 24.7 Å². The van der Waals surface area contributed by atoms with E-state index >= 15 is 0 Å². The number of ketones is 2. The van der Waals surface area contributed by atoms with Gasteiger partial charge in [0.1, 0.15) is 23.0 Å². The standard InChI is InChI=1S/C45H36F6N2O10/c46-43(47,48)25-60-35-16-7-29(8-17-35)41(56)62-37-12-2-27(3-13-37)1-11-34(54)24-39(31-21-32(52)23-33(53)22-31)45(58,59)40(55)20-6-28-4-14-38(15-5-28)63-42(57)30-9-18-36(19-10-30)61-26-44(49,50)51/h1-23,39,58-59H,24-26,52-53H2/b11-1+,20-6+. The largest absolute Gasteiger partial charge is 0.484 e. The lowest BCUT2D eigenvalue weighted by Crippen LogP contribution is -2.44. The van der Waals surface area contributed by atoms with Crippen LogP contribution in [0.25, 0.3) is 12.2 Å². The Morgan fingerprint density at radius 3 is 1.33 bits per heavy atom. The molecular formula is C45H36F6N2O10. The first-order chi connectivity index (χ1) is 29.6. The summed E-state index contributed by atoms with van der Waals surface area (Å²) in [5, 5.41) is 22.5. The normalized spacial score (nSPS) is 12.5. The third-order valence-electron chi connectivity index (χ3n) is 8.71. The molecule has 0 amide bonds. The van der Waals surface area contributed by atoms with E-state index in [0.717, 1.165) is 12.2 Å². The number of benzene rings is 5. The molecule has 0 aliphatic carbocycles. The van der Waals surface area contributed by atoms with Gasteiger partial charge >= 0.3 is 24.3 Å². The van der Waals surface area contributed by atoms with Crippen LogP contribution in [-0.2, 0) is 9.59 Å². The van der Waals surface area contributed by atoms with E-state index in [1.807, 2.05) is 0 Å². The molecule has 5 aromatic rings. The molecule has 5 aromatic carbocycles. The van der Waals surface area contributed by atoms with Gasteiger partial charge in [0.15, 0.2) is 19.0 Å². The van der Waals surface area contributed by atoms with Gasteiger partial charge in [0, 0.05) is 17.8 Å². The summed E-state index contributed by atoms with van der Waals surface area (Å²) in [7, 11) is 0. The topological polar surface area (TPSA) is 198 Å². The lowest BCUT2D eigenvalue weighted by molar-refractivity contribution is -0.187. The number of esters is 2. The third kappa shape index (κ3) is 14.3. The fourth-order valence-corrected chi connectivity index (χ4v) is 5.65. The van der Waals surface area contributed by atoms with E-state index in [9.17, 15) is 55.7 Å². The van der Waals surface area contributed by atoms with Crippen LogP contribution in [0.15, 0.2) is 127 Å². The molecule has 0 saturated carbocycles. The number of hydrogen-bond donors (Lipinski definition) is 4. The molecule has 18 heteroatoms. The van der Waals surface area contributed by atoms with Gasteiger partial charge < -0.3 is 40.6 Å². The molecule has 6 N–H and O–H groups in total. The number of carbonyl (C=O) groups excluding carboxylic acids is 4. The van der Waals surface area contributed by atoms with Crippen LogP contribution in [0, 0.1) is 0 Å². The SMILES string of the molecule is Nc1cc(N)cc(C(CC(=O)/C=C/c2ccc(OC(=O)c3ccc(OCC(F)(F)F)cc3)cc2)C(O)(O)C(=O)/C=C/c2ccc(OC(=O)c3ccc(OCC(F)(F)F)cc3)cc2)c1. The molecule has 1 unspecified atom stereocenters. The van der Waals surface area contributed by atoms with E-state index in [2.05, 4.69) is 9.47 Å². The molecule has 5 rings (SSSR count). The Hall–Kier alpha value is -7.44. The predicted molar refractivity (Wildman–Crippen MR) is 217 cm³/mol. The summed E-state index contributed by atoms with van der Waals surface area (Å²) in [6.07, 6.45) is -5.01. The predicted octanol–water partition coefficient (Wildman–Crippen LogP) is 7.89. The number of carbonyl (C=O) groups is 4. The number of hydrogen-bond acceptors (Lipinski definition) is 12. The van der Waals surface area contributed by atoms with Crippen molar-refractivity contribution in [1.29, 1.82) is 0 Å². The number of halogens is 6. The summed E-state index contributed by atoms with van der Waals surface area (Å²) in [5.74, 6) is -8.20. The molecule has 0 aromatic heterocycles. The Morgan fingerprint density at radius 1 is 0.556 bits per heavy atom. The third-order valence-corrected chi connectivity index (χ3v) is 8.71. The zero-order chi connectivity index (χ0) is 46.0. The molecule has 63 heavy (non-hydrogen) atoms. The fraction of sp³-hybridized carbons (Fsp3) is 0.156. The zero-order valence-electron chi connectivity index (χ0n) is 32.6. The van der Waals surface area contributed by atoms with Crippen molar-refractivity contribution in [1.82, 2.24) is 0 Å². The monoisotopic (exact) mass is 878 g/mol. The van der Waals surface area contributed by atoms with Crippen molar-refractivity contribution in [3.63, 3.8) is 0 Å². The number of alkyl halides is 6. The van der Waals surface area contributed by atoms with Crippen LogP contribution in [0.5, 0.6) is 23.0 Å². The maximum atomic E-state index is 13.3. The highest BCUT2D eigenvalue weighted by atomic mass is 19.4. The molecule has 0 aliphatic rings. The minimum atomic E-state index is -4.53. The minimum absolute atomic E-state index is 0.0278. The fourth-order valence-electron chi connectivity index (χ4n) is 5.65. The van der Waals surface area contributed by atoms with Gasteiger partial charge in [0.05, 0.1) is 17.0 Å². The van der Waals surface area contributed by atoms with E-state index in [0.29, 0.717) is 11.1 Å². The first-order valence-corrected chi connectivity index (χ1v) is 18.4. The van der Waals surface area contributed by atoms with Gasteiger partial charge in [0.2, 0.25) is 11.6 Å². The molecule has 12 nitrogen and oxygen atoms in total. The van der Waals surface area contributed by atoms with Crippen molar-refractivity contribution >= 4 is 47.0 Å². The first kappa shape index (κ1) is 46.6. The van der Waals surface area contributed by atoms with Gasteiger partial charge in [-0.15, -0.1) is 0 Å². The van der Waals surface area contributed by atoms with Crippen LogP contribution >= 0.6 is 0 Å². The average molecular weight is 879 g/mol. The smallest absolute Gasteiger partial charge is 0.422 e. The Bertz CT molecular complexity index is 2450. The Labute approximate surface area is 354 Å². The maximum absolute atomic E-state index is 13.3. The van der Waals surface area contributed by atoms with E-state index in [-0.39, 0.29) is 51.1 Å². The van der Waals surface area contributed by atoms with Gasteiger partial charge in [-0.25, -0.2) is 9.59 Å². The molecule has 0 saturated heterocycles. The number of allylic oxidation sites excluding steroid dienone is 1. The molecule has 0 radical (unpaired) electrons. The first-order valence-electron chi connectivity index (χ1n) is 18.4. The second-order valence-electron chi connectivity index (χ2n) is 13.7. The number of nitrogen functional groups attached to an aromatic ring is 2. The number of ether oxygens (including phenoxy) is 4. The molecule has 0 aliphatic heterocycles. The summed E-state index contributed by atoms with van der Waals surface area (Å²) < 4.78 is 94.2. The van der Waals surface area contributed by atoms with Crippen LogP contribution in [0.2, 0.25) is 0 Å². The molecule has 0 fully saturated rings. The summed E-state index contributed by atoms with van der Waals surface area (Å²) in [5.41, 5.74) is 13.1. The Morgan fingerprint density at radius 2 is 0.937 bits per heavy atom. The summed E-state index contributed by atoms with van der Waals surface area (Å²) >= 11 is 0. The number of aliphatic hydroxyl groups is 2. The van der Waals surface area contributed by atoms with Crippen molar-refractivity contribution in [3.05, 3.63) is 155 Å². The second kappa shape index (κ2) is 20.0. The van der Waals surface area contributed by atoms with Crippen LogP contribution in [0.3, 0.4) is 0 Å². The lowest BCUT2D eigenvalue weighted by Gasteiger charge is -2.29. The average Bonchev–Trinajstić information content (AvgIpc) is 3.22. The molecule has 1 atom stereocenters. The number of rotatable bonds is 17. The van der Waals surface area contributed by atoms with Gasteiger partial charge in [-0.3, -0.25) is 9.59 Å². The van der Waals surface area contributed by atoms with Gasteiger partial charge in [-0.2, -0.15) is 26.3 Å². The summed E-state index contributed by atoms with van der Waals surface area (Å²) in [6, 6.07) is 25.2. The van der Waals surface area contributed by atoms with E-state index < -0.39 is 67.2 Å². The highest BCUT2D eigenvalue weighted by Crippen LogP contribution is 2.34. The van der Waals surface area contributed by atoms with Crippen molar-refractivity contribution in [2.24, 2.45) is 0 Å².